The van der Waals surface area contributed by atoms with Gasteiger partial charge in [0.25, 0.3) is 0 Å². The van der Waals surface area contributed by atoms with E-state index in [-0.39, 0.29) is 0 Å². The molecule has 2 atom stereocenters. The van der Waals surface area contributed by atoms with Gasteiger partial charge in [0.05, 0.1) is 6.54 Å². The number of halogens is 5. The van der Waals surface area contributed by atoms with Crippen molar-refractivity contribution >= 4 is 0 Å². The van der Waals surface area contributed by atoms with Crippen LogP contribution in [0.25, 0.3) is 0 Å². The Hall–Kier alpha value is -2.21. The Bertz CT molecular complexity index is 631. The number of pyridine rings is 1. The van der Waals surface area contributed by atoms with Crippen LogP contribution in [0.15, 0.2) is 24.7 Å². The first-order valence-corrected chi connectivity index (χ1v) is 6.10. The van der Waals surface area contributed by atoms with Crippen molar-refractivity contribution in [2.24, 2.45) is 0 Å². The quantitative estimate of drug-likeness (QED) is 0.783. The highest BCUT2D eigenvalue weighted by Crippen LogP contribution is 2.34. The minimum Gasteiger partial charge on any atom is -0.384 e. The summed E-state index contributed by atoms with van der Waals surface area (Å²) in [4.78, 5) is 3.20. The van der Waals surface area contributed by atoms with Gasteiger partial charge >= 0.3 is 12.1 Å². The lowest BCUT2D eigenvalue weighted by Gasteiger charge is -2.22. The molecule has 0 aliphatic rings. The molecule has 0 amide bonds. The van der Waals surface area contributed by atoms with Gasteiger partial charge in [-0.3, -0.25) is 4.98 Å². The van der Waals surface area contributed by atoms with Gasteiger partial charge in [0.2, 0.25) is 0 Å². The van der Waals surface area contributed by atoms with Crippen molar-refractivity contribution < 1.29 is 32.2 Å². The minimum absolute atomic E-state index is 0.477. The molecule has 12 heteroatoms. The molecule has 0 spiro atoms. The van der Waals surface area contributed by atoms with Crippen molar-refractivity contribution in [1.29, 1.82) is 0 Å². The Labute approximate surface area is 125 Å². The molecule has 2 unspecified atom stereocenters. The summed E-state index contributed by atoms with van der Waals surface area (Å²) in [6, 6.07) is 1.27. The van der Waals surface area contributed by atoms with E-state index < -0.39 is 42.1 Å². The maximum Gasteiger partial charge on any atom is 0.418 e. The van der Waals surface area contributed by atoms with Crippen LogP contribution >= 0.6 is 0 Å². The summed E-state index contributed by atoms with van der Waals surface area (Å²) in [6.45, 7) is -0.644. The van der Waals surface area contributed by atoms with Crippen LogP contribution < -0.4 is 0 Å². The number of aliphatic hydroxyl groups is 2. The largest absolute Gasteiger partial charge is 0.418 e. The van der Waals surface area contributed by atoms with Crippen molar-refractivity contribution in [1.82, 2.24) is 25.2 Å². The van der Waals surface area contributed by atoms with E-state index in [0.717, 1.165) is 11.0 Å². The summed E-state index contributed by atoms with van der Waals surface area (Å²) in [5.74, 6) is -3.85. The highest BCUT2D eigenvalue weighted by atomic mass is 19.4. The summed E-state index contributed by atoms with van der Waals surface area (Å²) in [5, 5.41) is 28.3. The Balaban J connectivity index is 2.16. The van der Waals surface area contributed by atoms with Crippen LogP contribution in [0.1, 0.15) is 17.4 Å². The number of hydrogen-bond donors (Lipinski definition) is 2. The van der Waals surface area contributed by atoms with Gasteiger partial charge in [-0.25, -0.2) is 4.68 Å². The molecule has 2 N–H and O–H groups in total. The van der Waals surface area contributed by atoms with Crippen molar-refractivity contribution in [3.63, 3.8) is 0 Å². The minimum atomic E-state index is -4.94. The second-order valence-electron chi connectivity index (χ2n) is 4.59. The molecule has 0 aromatic carbocycles. The van der Waals surface area contributed by atoms with Crippen LogP contribution in [0.5, 0.6) is 0 Å². The van der Waals surface area contributed by atoms with E-state index in [4.69, 9.17) is 5.11 Å². The van der Waals surface area contributed by atoms with Crippen molar-refractivity contribution in [2.45, 2.75) is 30.9 Å². The third kappa shape index (κ3) is 3.76. The molecule has 0 aliphatic carbocycles. The standard InChI is InChI=1S/C11H10F5N5O2/c12-10(13,8(22)4-21-5-18-19-20-21)7-2-1-6(3-17-7)9(23)11(14,15)16/h1-3,5,8-9,22-23H,4H2. The lowest BCUT2D eigenvalue weighted by atomic mass is 10.1. The van der Waals surface area contributed by atoms with Crippen molar-refractivity contribution in [3.8, 4) is 0 Å². The molecule has 0 radical (unpaired) electrons. The van der Waals surface area contributed by atoms with Gasteiger partial charge in [-0.05, 0) is 16.5 Å². The predicted octanol–water partition coefficient (Wildman–Crippen LogP) is 0.817. The molecule has 7 nitrogen and oxygen atoms in total. The van der Waals surface area contributed by atoms with E-state index in [1.54, 1.807) is 0 Å². The smallest absolute Gasteiger partial charge is 0.384 e. The van der Waals surface area contributed by atoms with E-state index in [1.165, 1.54) is 0 Å². The predicted molar refractivity (Wildman–Crippen MR) is 63.0 cm³/mol. The zero-order valence-corrected chi connectivity index (χ0v) is 11.2. The molecule has 2 aromatic rings. The second kappa shape index (κ2) is 6.12. The fraction of sp³-hybridized carbons (Fsp3) is 0.455. The van der Waals surface area contributed by atoms with E-state index in [9.17, 15) is 27.1 Å². The molecule has 2 rings (SSSR count). The monoisotopic (exact) mass is 339 g/mol. The maximum absolute atomic E-state index is 14.0. The summed E-state index contributed by atoms with van der Waals surface area (Å²) < 4.78 is 65.9. The SMILES string of the molecule is OC(c1ccc(C(F)(F)C(O)Cn2cnnn2)nc1)C(F)(F)F. The number of aliphatic hydroxyl groups excluding tert-OH is 2. The van der Waals surface area contributed by atoms with Gasteiger partial charge in [-0.1, -0.05) is 6.07 Å². The lowest BCUT2D eigenvalue weighted by Crippen LogP contribution is -2.35. The van der Waals surface area contributed by atoms with Crippen LogP contribution in [0.3, 0.4) is 0 Å². The first kappa shape index (κ1) is 17.1. The molecule has 0 fully saturated rings. The summed E-state index contributed by atoms with van der Waals surface area (Å²) >= 11 is 0. The average Bonchev–Trinajstić information content (AvgIpc) is 2.98. The number of nitrogens with zero attached hydrogens (tertiary/aromatic N) is 5. The Morgan fingerprint density at radius 1 is 1.13 bits per heavy atom. The van der Waals surface area contributed by atoms with Gasteiger partial charge in [-0.15, -0.1) is 5.10 Å². The van der Waals surface area contributed by atoms with Gasteiger partial charge in [0, 0.05) is 11.8 Å². The second-order valence-corrected chi connectivity index (χ2v) is 4.59. The van der Waals surface area contributed by atoms with E-state index in [1.807, 2.05) is 0 Å². The number of alkyl halides is 5. The highest BCUT2D eigenvalue weighted by Gasteiger charge is 2.43. The molecule has 0 saturated heterocycles. The third-order valence-corrected chi connectivity index (χ3v) is 2.92. The van der Waals surface area contributed by atoms with Gasteiger partial charge in [0.15, 0.2) is 6.10 Å². The Kier molecular flexibility index (Phi) is 4.56. The van der Waals surface area contributed by atoms with E-state index in [2.05, 4.69) is 20.5 Å². The molecule has 0 bridgehead atoms. The fourth-order valence-electron chi connectivity index (χ4n) is 1.68. The lowest BCUT2D eigenvalue weighted by molar-refractivity contribution is -0.206. The third-order valence-electron chi connectivity index (χ3n) is 2.92. The van der Waals surface area contributed by atoms with Crippen LogP contribution in [0, 0.1) is 0 Å². The van der Waals surface area contributed by atoms with Gasteiger partial charge < -0.3 is 10.2 Å². The normalized spacial score (nSPS) is 15.4. The summed E-state index contributed by atoms with van der Waals surface area (Å²) in [7, 11) is 0. The molecular weight excluding hydrogens is 329 g/mol. The molecule has 126 valence electrons. The molecule has 2 aromatic heterocycles. The summed E-state index contributed by atoms with van der Waals surface area (Å²) in [6.07, 6.45) is -8.54. The number of aromatic nitrogens is 5. The summed E-state index contributed by atoms with van der Waals surface area (Å²) in [5.41, 5.74) is -1.64. The first-order valence-electron chi connectivity index (χ1n) is 6.10. The van der Waals surface area contributed by atoms with Crippen molar-refractivity contribution in [2.75, 3.05) is 0 Å². The molecular formula is C11H10F5N5O2. The van der Waals surface area contributed by atoms with E-state index >= 15 is 0 Å². The number of rotatable bonds is 5. The number of hydrogen-bond acceptors (Lipinski definition) is 6. The van der Waals surface area contributed by atoms with Gasteiger partial charge in [-0.2, -0.15) is 22.0 Å². The average molecular weight is 339 g/mol. The Morgan fingerprint density at radius 3 is 2.30 bits per heavy atom. The maximum atomic E-state index is 14.0. The highest BCUT2D eigenvalue weighted by molar-refractivity contribution is 5.20. The Morgan fingerprint density at radius 2 is 1.83 bits per heavy atom. The fourth-order valence-corrected chi connectivity index (χ4v) is 1.68. The zero-order valence-electron chi connectivity index (χ0n) is 11.2. The molecule has 2 heterocycles. The van der Waals surface area contributed by atoms with Crippen LogP contribution in [-0.4, -0.2) is 47.7 Å². The van der Waals surface area contributed by atoms with Crippen molar-refractivity contribution in [3.05, 3.63) is 35.9 Å². The first-order chi connectivity index (χ1) is 10.6. The molecule has 0 saturated carbocycles. The van der Waals surface area contributed by atoms with E-state index in [0.29, 0.717) is 18.3 Å². The van der Waals surface area contributed by atoms with Crippen LogP contribution in [0.4, 0.5) is 22.0 Å². The number of tetrazole rings is 1. The zero-order chi connectivity index (χ0) is 17.3. The van der Waals surface area contributed by atoms with Gasteiger partial charge in [0.1, 0.15) is 18.1 Å². The topological polar surface area (TPSA) is 97.0 Å². The van der Waals surface area contributed by atoms with Crippen LogP contribution in [0.2, 0.25) is 0 Å². The molecule has 0 aliphatic heterocycles. The molecule has 23 heavy (non-hydrogen) atoms. The van der Waals surface area contributed by atoms with Crippen LogP contribution in [-0.2, 0) is 12.5 Å².